The molecule has 0 saturated carbocycles. The molecule has 0 amide bonds. The lowest BCUT2D eigenvalue weighted by Gasteiger charge is -2.32. The van der Waals surface area contributed by atoms with Crippen molar-refractivity contribution in [2.75, 3.05) is 19.3 Å². The van der Waals surface area contributed by atoms with Crippen LogP contribution in [0.5, 0.6) is 0 Å². The van der Waals surface area contributed by atoms with Crippen LogP contribution in [0.2, 0.25) is 0 Å². The molecule has 18 heavy (non-hydrogen) atoms. The number of carbonyl (C=O) groups excluding carboxylic acids is 1. The van der Waals surface area contributed by atoms with Gasteiger partial charge in [-0.25, -0.2) is 12.7 Å². The first kappa shape index (κ1) is 15.6. The quantitative estimate of drug-likeness (QED) is 0.771. The summed E-state index contributed by atoms with van der Waals surface area (Å²) >= 11 is 0. The third-order valence-electron chi connectivity index (χ3n) is 4.06. The molecule has 0 spiro atoms. The third-order valence-corrected chi connectivity index (χ3v) is 5.33. The predicted octanol–water partition coefficient (Wildman–Crippen LogP) is 2.05. The highest BCUT2D eigenvalue weighted by Gasteiger charge is 2.31. The van der Waals surface area contributed by atoms with Crippen LogP contribution >= 0.6 is 0 Å². The fourth-order valence-electron chi connectivity index (χ4n) is 2.23. The van der Waals surface area contributed by atoms with Gasteiger partial charge >= 0.3 is 0 Å². The molecule has 0 N–H and O–H groups in total. The normalized spacial score (nSPS) is 23.0. The van der Waals surface area contributed by atoms with Gasteiger partial charge in [-0.1, -0.05) is 20.8 Å². The van der Waals surface area contributed by atoms with Crippen molar-refractivity contribution in [3.05, 3.63) is 0 Å². The molecule has 1 atom stereocenters. The zero-order valence-electron chi connectivity index (χ0n) is 11.9. The molecule has 0 aliphatic carbocycles. The highest BCUT2D eigenvalue weighted by Crippen LogP contribution is 2.28. The molecule has 1 aliphatic heterocycles. The molecule has 0 aromatic carbocycles. The molecule has 0 radical (unpaired) electrons. The van der Waals surface area contributed by atoms with E-state index in [1.165, 1.54) is 10.6 Å². The largest absolute Gasteiger partial charge is 0.299 e. The summed E-state index contributed by atoms with van der Waals surface area (Å²) < 4.78 is 24.5. The second kappa shape index (κ2) is 5.70. The Morgan fingerprint density at radius 2 is 2.00 bits per heavy atom. The molecule has 1 rings (SSSR count). The highest BCUT2D eigenvalue weighted by atomic mass is 32.2. The number of carbonyl (C=O) groups is 1. The number of sulfonamides is 1. The first-order valence-electron chi connectivity index (χ1n) is 6.65. The molecule has 1 aliphatic rings. The highest BCUT2D eigenvalue weighted by molar-refractivity contribution is 7.88. The van der Waals surface area contributed by atoms with Crippen molar-refractivity contribution in [2.45, 2.75) is 46.5 Å². The topological polar surface area (TPSA) is 54.5 Å². The van der Waals surface area contributed by atoms with Crippen LogP contribution in [0.4, 0.5) is 0 Å². The van der Waals surface area contributed by atoms with E-state index in [0.717, 1.165) is 19.3 Å². The van der Waals surface area contributed by atoms with Gasteiger partial charge in [0.2, 0.25) is 10.0 Å². The predicted molar refractivity (Wildman–Crippen MR) is 72.8 cm³/mol. The van der Waals surface area contributed by atoms with Crippen LogP contribution in [-0.4, -0.2) is 37.9 Å². The zero-order chi connectivity index (χ0) is 14.0. The van der Waals surface area contributed by atoms with Crippen molar-refractivity contribution in [1.82, 2.24) is 4.31 Å². The summed E-state index contributed by atoms with van der Waals surface area (Å²) in [6.07, 6.45) is 4.39. The van der Waals surface area contributed by atoms with Crippen molar-refractivity contribution in [3.63, 3.8) is 0 Å². The van der Waals surface area contributed by atoms with Crippen molar-refractivity contribution in [3.8, 4) is 0 Å². The van der Waals surface area contributed by atoms with Crippen LogP contribution in [0, 0.1) is 11.3 Å². The van der Waals surface area contributed by atoms with Gasteiger partial charge in [-0.3, -0.25) is 4.79 Å². The number of nitrogens with zero attached hydrogens (tertiary/aromatic N) is 1. The second-order valence-corrected chi connectivity index (χ2v) is 7.98. The number of Topliss-reactive ketones (excluding diaryl/α,β-unsaturated/α-hetero) is 1. The average molecular weight is 275 g/mol. The molecular formula is C13H25NO3S. The van der Waals surface area contributed by atoms with Gasteiger partial charge in [-0.05, 0) is 25.2 Å². The van der Waals surface area contributed by atoms with Gasteiger partial charge in [-0.15, -0.1) is 0 Å². The second-order valence-electron chi connectivity index (χ2n) is 5.99. The molecule has 1 unspecified atom stereocenters. The summed E-state index contributed by atoms with van der Waals surface area (Å²) in [6, 6.07) is 0. The average Bonchev–Trinajstić information content (AvgIpc) is 2.28. The monoisotopic (exact) mass is 275 g/mol. The van der Waals surface area contributed by atoms with Crippen molar-refractivity contribution < 1.29 is 13.2 Å². The minimum Gasteiger partial charge on any atom is -0.299 e. The van der Waals surface area contributed by atoms with Crippen molar-refractivity contribution in [2.24, 2.45) is 11.3 Å². The van der Waals surface area contributed by atoms with Crippen molar-refractivity contribution in [1.29, 1.82) is 0 Å². The van der Waals surface area contributed by atoms with Crippen LogP contribution in [0.3, 0.4) is 0 Å². The Kier molecular flexibility index (Phi) is 4.95. The van der Waals surface area contributed by atoms with E-state index in [2.05, 4.69) is 0 Å². The number of ketones is 1. The molecule has 106 valence electrons. The van der Waals surface area contributed by atoms with Gasteiger partial charge in [-0.2, -0.15) is 0 Å². The molecule has 1 heterocycles. The van der Waals surface area contributed by atoms with E-state index in [0.29, 0.717) is 19.5 Å². The smallest absolute Gasteiger partial charge is 0.211 e. The van der Waals surface area contributed by atoms with Gasteiger partial charge in [0.1, 0.15) is 5.78 Å². The maximum Gasteiger partial charge on any atom is 0.211 e. The zero-order valence-corrected chi connectivity index (χ0v) is 12.7. The molecule has 1 saturated heterocycles. The van der Waals surface area contributed by atoms with Crippen LogP contribution in [0.25, 0.3) is 0 Å². The maximum atomic E-state index is 12.2. The Morgan fingerprint density at radius 1 is 1.39 bits per heavy atom. The van der Waals surface area contributed by atoms with Gasteiger partial charge in [0.25, 0.3) is 0 Å². The van der Waals surface area contributed by atoms with Crippen molar-refractivity contribution >= 4 is 15.8 Å². The van der Waals surface area contributed by atoms with E-state index in [1.54, 1.807) is 0 Å². The lowest BCUT2D eigenvalue weighted by Crippen LogP contribution is -2.40. The number of hydrogen-bond acceptors (Lipinski definition) is 3. The lowest BCUT2D eigenvalue weighted by atomic mass is 9.80. The number of piperidine rings is 1. The van der Waals surface area contributed by atoms with E-state index < -0.39 is 10.0 Å². The number of hydrogen-bond donors (Lipinski definition) is 0. The summed E-state index contributed by atoms with van der Waals surface area (Å²) in [5.74, 6) is 0.442. The van der Waals surface area contributed by atoms with Gasteiger partial charge in [0.05, 0.1) is 6.26 Å². The first-order valence-corrected chi connectivity index (χ1v) is 8.50. The Hall–Kier alpha value is -0.420. The van der Waals surface area contributed by atoms with Gasteiger partial charge in [0.15, 0.2) is 0 Å². The van der Waals surface area contributed by atoms with Crippen LogP contribution in [0.15, 0.2) is 0 Å². The van der Waals surface area contributed by atoms with E-state index in [-0.39, 0.29) is 17.1 Å². The van der Waals surface area contributed by atoms with Gasteiger partial charge < -0.3 is 0 Å². The fraction of sp³-hybridized carbons (Fsp3) is 0.923. The minimum absolute atomic E-state index is 0.187. The lowest BCUT2D eigenvalue weighted by molar-refractivity contribution is -0.128. The first-order chi connectivity index (χ1) is 8.16. The summed E-state index contributed by atoms with van der Waals surface area (Å²) in [7, 11) is -3.11. The van der Waals surface area contributed by atoms with Crippen LogP contribution in [0.1, 0.15) is 46.5 Å². The molecular weight excluding hydrogens is 250 g/mol. The standard InChI is InChI=1S/C13H25NO3S/c1-5-13(2,3)12(15)9-11-7-6-8-14(10-11)18(4,16)17/h11H,5-10H2,1-4H3. The van der Waals surface area contributed by atoms with E-state index >= 15 is 0 Å². The fourth-order valence-corrected chi connectivity index (χ4v) is 3.17. The Balaban J connectivity index is 2.61. The van der Waals surface area contributed by atoms with E-state index in [1.807, 2.05) is 20.8 Å². The van der Waals surface area contributed by atoms with Crippen LogP contribution < -0.4 is 0 Å². The molecule has 5 heteroatoms. The molecule has 0 bridgehead atoms. The SMILES string of the molecule is CCC(C)(C)C(=O)CC1CCCN(S(C)(=O)=O)C1. The molecule has 0 aromatic heterocycles. The Morgan fingerprint density at radius 3 is 2.50 bits per heavy atom. The van der Waals surface area contributed by atoms with Crippen LogP contribution in [-0.2, 0) is 14.8 Å². The third kappa shape index (κ3) is 4.05. The summed E-state index contributed by atoms with van der Waals surface area (Å²) in [4.78, 5) is 12.2. The Bertz CT molecular complexity index is 400. The maximum absolute atomic E-state index is 12.2. The molecule has 1 fully saturated rings. The number of rotatable bonds is 5. The Labute approximate surface area is 111 Å². The molecule has 4 nitrogen and oxygen atoms in total. The summed E-state index contributed by atoms with van der Waals surface area (Å²) in [5.41, 5.74) is -0.284. The molecule has 0 aromatic rings. The minimum atomic E-state index is -3.11. The summed E-state index contributed by atoms with van der Waals surface area (Å²) in [5, 5.41) is 0. The summed E-state index contributed by atoms with van der Waals surface area (Å²) in [6.45, 7) is 7.05. The van der Waals surface area contributed by atoms with E-state index in [4.69, 9.17) is 0 Å². The van der Waals surface area contributed by atoms with Gasteiger partial charge in [0, 0.05) is 24.9 Å². The van der Waals surface area contributed by atoms with E-state index in [9.17, 15) is 13.2 Å².